The first-order valence-corrected chi connectivity index (χ1v) is 9.14. The molecule has 0 aromatic carbocycles. The van der Waals surface area contributed by atoms with Crippen molar-refractivity contribution >= 4 is 28.8 Å². The molecule has 12 heavy (non-hydrogen) atoms. The molecule has 1 fully saturated rings. The number of halogens is 1. The van der Waals surface area contributed by atoms with E-state index in [-0.39, 0.29) is 19.8 Å². The second kappa shape index (κ2) is 5.05. The number of hydrogen-bond donors (Lipinski definition) is 0. The maximum absolute atomic E-state index is 5.92. The van der Waals surface area contributed by atoms with Crippen molar-refractivity contribution in [2.45, 2.75) is 43.9 Å². The molecule has 1 aliphatic heterocycles. The van der Waals surface area contributed by atoms with E-state index in [2.05, 4.69) is 20.8 Å². The van der Waals surface area contributed by atoms with Crippen LogP contribution in [-0.4, -0.2) is 32.0 Å². The fourth-order valence-corrected chi connectivity index (χ4v) is 3.91. The summed E-state index contributed by atoms with van der Waals surface area (Å²) < 4.78 is 7.06. The molecular weight excluding hydrogens is 287 g/mol. The fraction of sp³-hybridized carbons (Fsp3) is 1.00. The molecule has 1 saturated heterocycles. The van der Waals surface area contributed by atoms with Gasteiger partial charge in [0.15, 0.2) is 0 Å². The summed E-state index contributed by atoms with van der Waals surface area (Å²) >= 11 is -0.270. The Bertz CT molecular complexity index is 140. The molecule has 0 radical (unpaired) electrons. The summed E-state index contributed by atoms with van der Waals surface area (Å²) in [6.07, 6.45) is 2.18. The summed E-state index contributed by atoms with van der Waals surface area (Å²) in [6, 6.07) is 0. The van der Waals surface area contributed by atoms with Crippen molar-refractivity contribution in [3.05, 3.63) is 0 Å². The van der Waals surface area contributed by atoms with Crippen molar-refractivity contribution in [3.63, 3.8) is 0 Å². The van der Waals surface area contributed by atoms with Gasteiger partial charge in [-0.3, -0.25) is 0 Å². The minimum absolute atomic E-state index is 0.270. The molecule has 0 spiro atoms. The maximum atomic E-state index is 5.92. The van der Waals surface area contributed by atoms with Gasteiger partial charge in [0.05, 0.1) is 0 Å². The van der Waals surface area contributed by atoms with Crippen molar-refractivity contribution in [1.82, 2.24) is 0 Å². The Labute approximate surface area is 89.0 Å². The SMILES string of the molecule is CC(C)C1OC(C[Te]Cl)CC1C. The second-order valence-electron chi connectivity index (χ2n) is 3.96. The molecule has 0 saturated carbocycles. The van der Waals surface area contributed by atoms with Crippen LogP contribution in [-0.2, 0) is 4.74 Å². The van der Waals surface area contributed by atoms with Crippen LogP contribution in [0.1, 0.15) is 27.2 Å². The first-order chi connectivity index (χ1) is 5.65. The minimum atomic E-state index is -0.270. The topological polar surface area (TPSA) is 9.23 Å². The van der Waals surface area contributed by atoms with Crippen molar-refractivity contribution in [2.75, 3.05) is 0 Å². The molecule has 0 N–H and O–H groups in total. The van der Waals surface area contributed by atoms with Gasteiger partial charge in [0, 0.05) is 0 Å². The van der Waals surface area contributed by atoms with Gasteiger partial charge in [-0.2, -0.15) is 0 Å². The zero-order chi connectivity index (χ0) is 9.14. The van der Waals surface area contributed by atoms with E-state index in [4.69, 9.17) is 13.7 Å². The normalized spacial score (nSPS) is 36.2. The predicted molar refractivity (Wildman–Crippen MR) is 53.7 cm³/mol. The zero-order valence-electron chi connectivity index (χ0n) is 7.92. The first kappa shape index (κ1) is 11.1. The van der Waals surface area contributed by atoms with E-state index >= 15 is 0 Å². The average molecular weight is 304 g/mol. The van der Waals surface area contributed by atoms with Gasteiger partial charge in [-0.1, -0.05) is 0 Å². The Morgan fingerprint density at radius 3 is 2.67 bits per heavy atom. The molecule has 72 valence electrons. The summed E-state index contributed by atoms with van der Waals surface area (Å²) in [5, 5.41) is 0. The van der Waals surface area contributed by atoms with Crippen molar-refractivity contribution in [1.29, 1.82) is 0 Å². The van der Waals surface area contributed by atoms with Gasteiger partial charge in [-0.15, -0.1) is 0 Å². The standard InChI is InChI=1S/C9H17ClOTe/c1-6(2)9-7(3)4-8(11-9)5-12-10/h6-9H,4-5H2,1-3H3. The number of ether oxygens (including phenoxy) is 1. The van der Waals surface area contributed by atoms with Gasteiger partial charge >= 0.3 is 89.2 Å². The average Bonchev–Trinajstić information content (AvgIpc) is 2.32. The van der Waals surface area contributed by atoms with Gasteiger partial charge < -0.3 is 0 Å². The van der Waals surface area contributed by atoms with E-state index in [1.54, 1.807) is 0 Å². The van der Waals surface area contributed by atoms with Crippen molar-refractivity contribution in [2.24, 2.45) is 11.8 Å². The Morgan fingerprint density at radius 2 is 2.25 bits per heavy atom. The van der Waals surface area contributed by atoms with Crippen molar-refractivity contribution in [3.8, 4) is 0 Å². The molecular formula is C9H17ClOTe. The second-order valence-corrected chi connectivity index (χ2v) is 6.99. The number of rotatable bonds is 3. The van der Waals surface area contributed by atoms with Gasteiger partial charge in [0.2, 0.25) is 0 Å². The quantitative estimate of drug-likeness (QED) is 0.729. The first-order valence-electron chi connectivity index (χ1n) is 4.54. The zero-order valence-corrected chi connectivity index (χ0v) is 11.0. The number of hydrogen-bond acceptors (Lipinski definition) is 1. The molecule has 1 aliphatic rings. The van der Waals surface area contributed by atoms with Crippen LogP contribution in [0.4, 0.5) is 0 Å². The molecule has 3 atom stereocenters. The summed E-state index contributed by atoms with van der Waals surface area (Å²) in [5.74, 6) is 1.38. The molecule has 0 bridgehead atoms. The van der Waals surface area contributed by atoms with Gasteiger partial charge in [-0.05, 0) is 0 Å². The van der Waals surface area contributed by atoms with Crippen molar-refractivity contribution < 1.29 is 4.74 Å². The molecule has 0 aliphatic carbocycles. The molecule has 0 aromatic rings. The van der Waals surface area contributed by atoms with Crippen LogP contribution >= 0.6 is 8.96 Å². The molecule has 0 amide bonds. The van der Waals surface area contributed by atoms with Gasteiger partial charge in [-0.25, -0.2) is 0 Å². The monoisotopic (exact) mass is 306 g/mol. The molecule has 3 heteroatoms. The Hall–Kier alpha value is 1.04. The molecule has 1 nitrogen and oxygen atoms in total. The molecule has 1 heterocycles. The van der Waals surface area contributed by atoms with E-state index in [9.17, 15) is 0 Å². The summed E-state index contributed by atoms with van der Waals surface area (Å²) in [5.41, 5.74) is 0. The van der Waals surface area contributed by atoms with Crippen LogP contribution < -0.4 is 0 Å². The van der Waals surface area contributed by atoms with E-state index in [0.717, 1.165) is 10.4 Å². The third-order valence-electron chi connectivity index (χ3n) is 2.45. The van der Waals surface area contributed by atoms with Crippen LogP contribution in [0, 0.1) is 11.8 Å². The third kappa shape index (κ3) is 2.77. The Kier molecular flexibility index (Phi) is 4.68. The Morgan fingerprint density at radius 1 is 1.58 bits per heavy atom. The van der Waals surface area contributed by atoms with Crippen LogP contribution in [0.25, 0.3) is 0 Å². The van der Waals surface area contributed by atoms with Gasteiger partial charge in [0.1, 0.15) is 0 Å². The fourth-order valence-electron chi connectivity index (χ4n) is 1.95. The van der Waals surface area contributed by atoms with Crippen LogP contribution in [0.3, 0.4) is 0 Å². The Balaban J connectivity index is 2.39. The summed E-state index contributed by atoms with van der Waals surface area (Å²) in [6.45, 7) is 6.77. The van der Waals surface area contributed by atoms with Crippen LogP contribution in [0.2, 0.25) is 4.47 Å². The third-order valence-corrected chi connectivity index (χ3v) is 4.72. The van der Waals surface area contributed by atoms with E-state index in [0.29, 0.717) is 18.1 Å². The molecule has 1 rings (SSSR count). The predicted octanol–water partition coefficient (Wildman–Crippen LogP) is 2.71. The van der Waals surface area contributed by atoms with E-state index in [1.807, 2.05) is 0 Å². The molecule has 3 unspecified atom stereocenters. The summed E-state index contributed by atoms with van der Waals surface area (Å²) in [4.78, 5) is 0. The van der Waals surface area contributed by atoms with Crippen LogP contribution in [0.15, 0.2) is 0 Å². The summed E-state index contributed by atoms with van der Waals surface area (Å²) in [7, 11) is 5.81. The van der Waals surface area contributed by atoms with E-state index in [1.165, 1.54) is 6.42 Å². The van der Waals surface area contributed by atoms with Gasteiger partial charge in [0.25, 0.3) is 0 Å². The van der Waals surface area contributed by atoms with Crippen LogP contribution in [0.5, 0.6) is 0 Å². The molecule has 0 aromatic heterocycles. The van der Waals surface area contributed by atoms with E-state index < -0.39 is 0 Å².